The van der Waals surface area contributed by atoms with Crippen molar-refractivity contribution in [2.45, 2.75) is 37.8 Å². The Labute approximate surface area is 118 Å². The number of nitrogens with zero attached hydrogens (tertiary/aromatic N) is 2. The third-order valence-electron chi connectivity index (χ3n) is 2.55. The molecule has 0 spiro atoms. The number of sulfone groups is 1. The van der Waals surface area contributed by atoms with Gasteiger partial charge in [0.05, 0.1) is 6.42 Å². The van der Waals surface area contributed by atoms with E-state index in [0.29, 0.717) is 18.2 Å². The third-order valence-corrected chi connectivity index (χ3v) is 3.53. The Hall–Kier alpha value is -1.70. The lowest BCUT2D eigenvalue weighted by Crippen LogP contribution is -2.25. The van der Waals surface area contributed by atoms with E-state index in [0.717, 1.165) is 6.26 Å². The van der Waals surface area contributed by atoms with Crippen molar-refractivity contribution < 1.29 is 18.3 Å². The smallest absolute Gasteiger partial charge is 0.305 e. The number of hydrogen-bond acceptors (Lipinski definition) is 6. The van der Waals surface area contributed by atoms with Crippen LogP contribution in [0.1, 0.15) is 26.7 Å². The van der Waals surface area contributed by atoms with Crippen LogP contribution in [0.25, 0.3) is 0 Å². The van der Waals surface area contributed by atoms with Gasteiger partial charge < -0.3 is 10.4 Å². The van der Waals surface area contributed by atoms with Crippen molar-refractivity contribution in [3.8, 4) is 0 Å². The summed E-state index contributed by atoms with van der Waals surface area (Å²) >= 11 is 0. The maximum Gasteiger partial charge on any atom is 0.305 e. The lowest BCUT2D eigenvalue weighted by Gasteiger charge is -2.19. The van der Waals surface area contributed by atoms with Crippen molar-refractivity contribution in [2.24, 2.45) is 5.92 Å². The van der Waals surface area contributed by atoms with Gasteiger partial charge in [0.2, 0.25) is 0 Å². The van der Waals surface area contributed by atoms with Crippen LogP contribution in [0.5, 0.6) is 0 Å². The predicted octanol–water partition coefficient (Wildman–Crippen LogP) is 1.18. The summed E-state index contributed by atoms with van der Waals surface area (Å²) in [5.74, 6) is -0.205. The summed E-state index contributed by atoms with van der Waals surface area (Å²) in [4.78, 5) is 10.8. The Balaban J connectivity index is 2.80. The van der Waals surface area contributed by atoms with Crippen molar-refractivity contribution >= 4 is 21.6 Å². The van der Waals surface area contributed by atoms with Crippen molar-refractivity contribution in [3.63, 3.8) is 0 Å². The minimum absolute atomic E-state index is 0.0340. The summed E-state index contributed by atoms with van der Waals surface area (Å²) < 4.78 is 22.5. The summed E-state index contributed by atoms with van der Waals surface area (Å²) in [5, 5.41) is 19.1. The number of carbonyl (C=O) groups is 1. The van der Waals surface area contributed by atoms with Gasteiger partial charge in [-0.05, 0) is 24.5 Å². The van der Waals surface area contributed by atoms with Crippen LogP contribution >= 0.6 is 0 Å². The van der Waals surface area contributed by atoms with E-state index < -0.39 is 15.8 Å². The van der Waals surface area contributed by atoms with Gasteiger partial charge in [-0.15, -0.1) is 10.2 Å². The monoisotopic (exact) mass is 301 g/mol. The molecule has 1 atom stereocenters. The Kier molecular flexibility index (Phi) is 5.43. The van der Waals surface area contributed by atoms with Gasteiger partial charge in [0.15, 0.2) is 14.9 Å². The fourth-order valence-electron chi connectivity index (χ4n) is 1.78. The van der Waals surface area contributed by atoms with Crippen molar-refractivity contribution in [3.05, 3.63) is 12.1 Å². The minimum atomic E-state index is -3.38. The zero-order valence-electron chi connectivity index (χ0n) is 11.7. The molecule has 0 unspecified atom stereocenters. The molecule has 0 bridgehead atoms. The van der Waals surface area contributed by atoms with E-state index in [1.54, 1.807) is 0 Å². The van der Waals surface area contributed by atoms with Crippen LogP contribution < -0.4 is 5.32 Å². The number of nitrogens with one attached hydrogen (secondary N) is 1. The first-order valence-corrected chi connectivity index (χ1v) is 8.09. The van der Waals surface area contributed by atoms with Crippen LogP contribution in [-0.4, -0.2) is 42.0 Å². The number of aliphatic carboxylic acids is 1. The van der Waals surface area contributed by atoms with Gasteiger partial charge >= 0.3 is 5.97 Å². The summed E-state index contributed by atoms with van der Waals surface area (Å²) in [5.41, 5.74) is 0. The van der Waals surface area contributed by atoms with Crippen molar-refractivity contribution in [2.75, 3.05) is 11.6 Å². The van der Waals surface area contributed by atoms with Gasteiger partial charge in [-0.3, -0.25) is 4.79 Å². The van der Waals surface area contributed by atoms with Crippen LogP contribution in [-0.2, 0) is 14.6 Å². The maximum atomic E-state index is 11.3. The predicted molar refractivity (Wildman–Crippen MR) is 74.3 cm³/mol. The fraction of sp³-hybridized carbons (Fsp3) is 0.583. The fourth-order valence-corrected chi connectivity index (χ4v) is 2.28. The largest absolute Gasteiger partial charge is 0.481 e. The molecule has 1 aromatic heterocycles. The van der Waals surface area contributed by atoms with Gasteiger partial charge in [0, 0.05) is 12.3 Å². The molecule has 0 radical (unpaired) electrons. The molecule has 0 saturated heterocycles. The second-order valence-electron chi connectivity index (χ2n) is 5.10. The van der Waals surface area contributed by atoms with Gasteiger partial charge in [0.25, 0.3) is 0 Å². The molecule has 0 amide bonds. The Morgan fingerprint density at radius 2 is 2.00 bits per heavy atom. The molecule has 0 fully saturated rings. The highest BCUT2D eigenvalue weighted by molar-refractivity contribution is 7.90. The standard InChI is InChI=1S/C12H19N3O4S/c1-8(2)6-9(7-12(16)17)13-10-4-5-11(15-14-10)20(3,18)19/h4-5,8-9H,6-7H2,1-3H3,(H,13,14)(H,16,17)/t9-/m0/s1. The second-order valence-corrected chi connectivity index (χ2v) is 7.06. The first-order valence-electron chi connectivity index (χ1n) is 6.20. The zero-order chi connectivity index (χ0) is 15.3. The molecule has 0 saturated carbocycles. The summed E-state index contributed by atoms with van der Waals surface area (Å²) in [6, 6.07) is 2.56. The molecular formula is C12H19N3O4S. The SMILES string of the molecule is CC(C)C[C@@H](CC(=O)O)Nc1ccc(S(C)(=O)=O)nn1. The molecule has 0 aliphatic rings. The summed E-state index contributed by atoms with van der Waals surface area (Å²) in [7, 11) is -3.38. The first kappa shape index (κ1) is 16.4. The van der Waals surface area contributed by atoms with E-state index in [1.165, 1.54) is 12.1 Å². The van der Waals surface area contributed by atoms with Gasteiger partial charge in [-0.25, -0.2) is 8.42 Å². The van der Waals surface area contributed by atoms with Crippen molar-refractivity contribution in [1.82, 2.24) is 10.2 Å². The van der Waals surface area contributed by atoms with Gasteiger partial charge in [-0.1, -0.05) is 13.8 Å². The highest BCUT2D eigenvalue weighted by Gasteiger charge is 2.16. The molecule has 1 heterocycles. The van der Waals surface area contributed by atoms with E-state index >= 15 is 0 Å². The van der Waals surface area contributed by atoms with Crippen LogP contribution in [0, 0.1) is 5.92 Å². The van der Waals surface area contributed by atoms with E-state index in [9.17, 15) is 13.2 Å². The molecule has 0 aliphatic carbocycles. The number of hydrogen-bond donors (Lipinski definition) is 2. The highest BCUT2D eigenvalue weighted by Crippen LogP contribution is 2.14. The molecule has 1 aromatic rings. The number of rotatable bonds is 7. The summed E-state index contributed by atoms with van der Waals surface area (Å²) in [6.07, 6.45) is 1.69. The molecule has 2 N–H and O–H groups in total. The number of carboxylic acids is 1. The topological polar surface area (TPSA) is 109 Å². The zero-order valence-corrected chi connectivity index (χ0v) is 12.5. The Bertz CT molecular complexity index is 555. The van der Waals surface area contributed by atoms with E-state index in [-0.39, 0.29) is 17.5 Å². The van der Waals surface area contributed by atoms with E-state index in [1.807, 2.05) is 13.8 Å². The number of anilines is 1. The van der Waals surface area contributed by atoms with Crippen molar-refractivity contribution in [1.29, 1.82) is 0 Å². The number of aromatic nitrogens is 2. The van der Waals surface area contributed by atoms with Crippen LogP contribution in [0.4, 0.5) is 5.82 Å². The maximum absolute atomic E-state index is 11.3. The molecule has 1 rings (SSSR count). The first-order chi connectivity index (χ1) is 9.18. The molecule has 8 heteroatoms. The van der Waals surface area contributed by atoms with E-state index in [4.69, 9.17) is 5.11 Å². The summed E-state index contributed by atoms with van der Waals surface area (Å²) in [6.45, 7) is 3.99. The Morgan fingerprint density at radius 3 is 2.40 bits per heavy atom. The van der Waals surface area contributed by atoms with Gasteiger partial charge in [-0.2, -0.15) is 0 Å². The normalized spacial score (nSPS) is 13.2. The molecular weight excluding hydrogens is 282 g/mol. The molecule has 0 aliphatic heterocycles. The van der Waals surface area contributed by atoms with Crippen LogP contribution in [0.2, 0.25) is 0 Å². The number of carboxylic acid groups (broad SMARTS) is 1. The molecule has 112 valence electrons. The second kappa shape index (κ2) is 6.65. The molecule has 7 nitrogen and oxygen atoms in total. The molecule has 0 aromatic carbocycles. The van der Waals surface area contributed by atoms with Gasteiger partial charge in [0.1, 0.15) is 5.82 Å². The Morgan fingerprint density at radius 1 is 1.35 bits per heavy atom. The van der Waals surface area contributed by atoms with E-state index in [2.05, 4.69) is 15.5 Å². The average Bonchev–Trinajstić information content (AvgIpc) is 2.26. The quantitative estimate of drug-likeness (QED) is 0.778. The lowest BCUT2D eigenvalue weighted by molar-refractivity contribution is -0.137. The molecule has 20 heavy (non-hydrogen) atoms. The highest BCUT2D eigenvalue weighted by atomic mass is 32.2. The lowest BCUT2D eigenvalue weighted by atomic mass is 10.0. The minimum Gasteiger partial charge on any atom is -0.481 e. The van der Waals surface area contributed by atoms with Crippen LogP contribution in [0.15, 0.2) is 17.2 Å². The third kappa shape index (κ3) is 5.52. The van der Waals surface area contributed by atoms with Crippen LogP contribution in [0.3, 0.4) is 0 Å². The average molecular weight is 301 g/mol.